The lowest BCUT2D eigenvalue weighted by molar-refractivity contribution is 0.0955. The number of carbonyl (C=O) groups excluding carboxylic acids is 1. The number of nitrogens with zero attached hydrogens (tertiary/aromatic N) is 2. The number of ether oxygens (including phenoxy) is 1. The number of fused-ring (bicyclic) bond motifs is 1. The maximum atomic E-state index is 12.0. The van der Waals surface area contributed by atoms with Crippen LogP contribution in [0.25, 0.3) is 10.9 Å². The Morgan fingerprint density at radius 1 is 1.15 bits per heavy atom. The van der Waals surface area contributed by atoms with Crippen LogP contribution in [0.15, 0.2) is 54.6 Å². The lowest BCUT2D eigenvalue weighted by Gasteiger charge is -2.11. The fourth-order valence-corrected chi connectivity index (χ4v) is 2.68. The summed E-state index contributed by atoms with van der Waals surface area (Å²) in [6.07, 6.45) is 0. The van der Waals surface area contributed by atoms with Crippen LogP contribution in [0, 0.1) is 11.3 Å². The highest BCUT2D eigenvalue weighted by Gasteiger charge is 2.08. The number of pyridine rings is 1. The van der Waals surface area contributed by atoms with E-state index in [4.69, 9.17) is 4.74 Å². The Kier molecular flexibility index (Phi) is 5.85. The van der Waals surface area contributed by atoms with Crippen LogP contribution in [0.4, 0.5) is 5.82 Å². The maximum Gasteiger partial charge on any atom is 0.251 e. The molecule has 0 aliphatic heterocycles. The van der Waals surface area contributed by atoms with E-state index in [-0.39, 0.29) is 5.91 Å². The van der Waals surface area contributed by atoms with E-state index in [1.807, 2.05) is 43.3 Å². The maximum absolute atomic E-state index is 12.0. The Morgan fingerprint density at radius 3 is 2.70 bits per heavy atom. The third kappa shape index (κ3) is 4.53. The number of rotatable bonds is 7. The third-order valence-corrected chi connectivity index (χ3v) is 3.96. The van der Waals surface area contributed by atoms with Crippen LogP contribution >= 0.6 is 0 Å². The molecule has 1 amide bonds. The molecule has 27 heavy (non-hydrogen) atoms. The minimum atomic E-state index is -0.132. The zero-order chi connectivity index (χ0) is 19.1. The monoisotopic (exact) mass is 360 g/mol. The second-order valence-corrected chi connectivity index (χ2v) is 5.83. The van der Waals surface area contributed by atoms with Crippen molar-refractivity contribution in [2.45, 2.75) is 6.92 Å². The van der Waals surface area contributed by atoms with Crippen molar-refractivity contribution in [2.24, 2.45) is 0 Å². The Balaban J connectivity index is 1.65. The number of nitrogens with one attached hydrogen (secondary N) is 2. The summed E-state index contributed by atoms with van der Waals surface area (Å²) in [4.78, 5) is 16.5. The van der Waals surface area contributed by atoms with E-state index in [2.05, 4.69) is 21.7 Å². The predicted molar refractivity (Wildman–Crippen MR) is 105 cm³/mol. The number of amides is 1. The van der Waals surface area contributed by atoms with Gasteiger partial charge in [-0.25, -0.2) is 4.98 Å². The number of hydrogen-bond acceptors (Lipinski definition) is 5. The van der Waals surface area contributed by atoms with Gasteiger partial charge in [-0.1, -0.05) is 18.2 Å². The van der Waals surface area contributed by atoms with Crippen molar-refractivity contribution in [3.8, 4) is 11.8 Å². The molecule has 0 spiro atoms. The van der Waals surface area contributed by atoms with Crippen molar-refractivity contribution >= 4 is 22.6 Å². The molecule has 3 aromatic rings. The lowest BCUT2D eigenvalue weighted by Crippen LogP contribution is -2.29. The zero-order valence-electron chi connectivity index (χ0n) is 15.0. The van der Waals surface area contributed by atoms with E-state index in [1.165, 1.54) is 0 Å². The molecular formula is C21H20N4O2. The molecule has 1 heterocycles. The molecule has 136 valence electrons. The first kappa shape index (κ1) is 18.2. The van der Waals surface area contributed by atoms with E-state index < -0.39 is 0 Å². The van der Waals surface area contributed by atoms with Crippen LogP contribution in [-0.2, 0) is 0 Å². The predicted octanol–water partition coefficient (Wildman–Crippen LogP) is 3.35. The summed E-state index contributed by atoms with van der Waals surface area (Å²) in [5.41, 5.74) is 1.84. The summed E-state index contributed by atoms with van der Waals surface area (Å²) in [5.74, 6) is 1.12. The summed E-state index contributed by atoms with van der Waals surface area (Å²) in [6, 6.07) is 18.6. The van der Waals surface area contributed by atoms with Gasteiger partial charge in [0, 0.05) is 24.0 Å². The number of hydrogen-bond donors (Lipinski definition) is 2. The van der Waals surface area contributed by atoms with Gasteiger partial charge in [-0.2, -0.15) is 5.26 Å². The molecule has 2 N–H and O–H groups in total. The highest BCUT2D eigenvalue weighted by atomic mass is 16.5. The van der Waals surface area contributed by atoms with Gasteiger partial charge in [0.05, 0.1) is 17.7 Å². The molecule has 1 aromatic heterocycles. The minimum Gasteiger partial charge on any atom is -0.494 e. The summed E-state index contributed by atoms with van der Waals surface area (Å²) < 4.78 is 5.49. The average Bonchev–Trinajstić information content (AvgIpc) is 2.71. The highest BCUT2D eigenvalue weighted by molar-refractivity contribution is 5.94. The molecule has 0 saturated heterocycles. The van der Waals surface area contributed by atoms with E-state index in [0.29, 0.717) is 36.6 Å². The van der Waals surface area contributed by atoms with Crippen LogP contribution in [-0.4, -0.2) is 30.6 Å². The highest BCUT2D eigenvalue weighted by Crippen LogP contribution is 2.24. The second kappa shape index (κ2) is 8.68. The van der Waals surface area contributed by atoms with Crippen LogP contribution in [0.5, 0.6) is 5.75 Å². The minimum absolute atomic E-state index is 0.132. The van der Waals surface area contributed by atoms with Gasteiger partial charge in [0.25, 0.3) is 5.91 Å². The van der Waals surface area contributed by atoms with Gasteiger partial charge in [-0.3, -0.25) is 4.79 Å². The third-order valence-electron chi connectivity index (χ3n) is 3.96. The first-order valence-corrected chi connectivity index (χ1v) is 8.76. The summed E-state index contributed by atoms with van der Waals surface area (Å²) in [7, 11) is 0. The van der Waals surface area contributed by atoms with Gasteiger partial charge in [-0.15, -0.1) is 0 Å². The molecule has 0 bridgehead atoms. The molecule has 0 atom stereocenters. The van der Waals surface area contributed by atoms with E-state index in [0.717, 1.165) is 16.7 Å². The van der Waals surface area contributed by atoms with Crippen LogP contribution in [0.2, 0.25) is 0 Å². The number of anilines is 1. The average molecular weight is 360 g/mol. The molecule has 0 fully saturated rings. The Labute approximate surface area is 157 Å². The molecule has 2 aromatic carbocycles. The van der Waals surface area contributed by atoms with Gasteiger partial charge in [0.2, 0.25) is 0 Å². The number of aromatic nitrogens is 1. The smallest absolute Gasteiger partial charge is 0.251 e. The van der Waals surface area contributed by atoms with E-state index in [9.17, 15) is 10.1 Å². The van der Waals surface area contributed by atoms with Crippen molar-refractivity contribution in [2.75, 3.05) is 25.0 Å². The SMILES string of the molecule is CCOc1ccc2nc(NCCNC(=O)c3ccccc3)c(C#N)cc2c1. The molecule has 0 unspecified atom stereocenters. The first-order chi connectivity index (χ1) is 13.2. The Bertz CT molecular complexity index is 981. The van der Waals surface area contributed by atoms with Gasteiger partial charge < -0.3 is 15.4 Å². The van der Waals surface area contributed by atoms with Crippen molar-refractivity contribution in [3.05, 3.63) is 65.7 Å². The standard InChI is InChI=1S/C21H20N4O2/c1-2-27-18-8-9-19-16(13-18)12-17(14-22)20(25-19)23-10-11-24-21(26)15-6-4-3-5-7-15/h3-9,12-13H,2,10-11H2,1H3,(H,23,25)(H,24,26). The van der Waals surface area contributed by atoms with E-state index >= 15 is 0 Å². The Morgan fingerprint density at radius 2 is 1.96 bits per heavy atom. The molecule has 6 heteroatoms. The first-order valence-electron chi connectivity index (χ1n) is 8.76. The van der Waals surface area contributed by atoms with Gasteiger partial charge in [-0.05, 0) is 43.3 Å². The van der Waals surface area contributed by atoms with Crippen molar-refractivity contribution < 1.29 is 9.53 Å². The summed E-state index contributed by atoms with van der Waals surface area (Å²) in [5, 5.41) is 16.2. The lowest BCUT2D eigenvalue weighted by atomic mass is 10.1. The van der Waals surface area contributed by atoms with Crippen molar-refractivity contribution in [1.82, 2.24) is 10.3 Å². The zero-order valence-corrected chi connectivity index (χ0v) is 15.0. The number of nitriles is 1. The van der Waals surface area contributed by atoms with Crippen LogP contribution < -0.4 is 15.4 Å². The fraction of sp³-hybridized carbons (Fsp3) is 0.190. The Hall–Kier alpha value is -3.59. The molecule has 3 rings (SSSR count). The largest absolute Gasteiger partial charge is 0.494 e. The molecule has 0 saturated carbocycles. The van der Waals surface area contributed by atoms with Gasteiger partial charge >= 0.3 is 0 Å². The molecule has 6 nitrogen and oxygen atoms in total. The number of carbonyl (C=O) groups is 1. The second-order valence-electron chi connectivity index (χ2n) is 5.83. The topological polar surface area (TPSA) is 87.0 Å². The number of benzene rings is 2. The molecule has 0 aliphatic rings. The quantitative estimate of drug-likeness (QED) is 0.631. The normalized spacial score (nSPS) is 10.2. The van der Waals surface area contributed by atoms with Gasteiger partial charge in [0.1, 0.15) is 17.6 Å². The van der Waals surface area contributed by atoms with E-state index in [1.54, 1.807) is 18.2 Å². The molecular weight excluding hydrogens is 340 g/mol. The van der Waals surface area contributed by atoms with Crippen LogP contribution in [0.1, 0.15) is 22.8 Å². The summed E-state index contributed by atoms with van der Waals surface area (Å²) in [6.45, 7) is 3.38. The fourth-order valence-electron chi connectivity index (χ4n) is 2.68. The molecule has 0 radical (unpaired) electrons. The van der Waals surface area contributed by atoms with Crippen molar-refractivity contribution in [1.29, 1.82) is 5.26 Å². The summed E-state index contributed by atoms with van der Waals surface area (Å²) >= 11 is 0. The molecule has 0 aliphatic carbocycles. The van der Waals surface area contributed by atoms with Gasteiger partial charge in [0.15, 0.2) is 0 Å². The van der Waals surface area contributed by atoms with Crippen LogP contribution in [0.3, 0.4) is 0 Å². The van der Waals surface area contributed by atoms with Crippen molar-refractivity contribution in [3.63, 3.8) is 0 Å².